The molecule has 0 radical (unpaired) electrons. The van der Waals surface area contributed by atoms with Gasteiger partial charge >= 0.3 is 0 Å². The first kappa shape index (κ1) is 10.0. The molecule has 0 bridgehead atoms. The minimum absolute atomic E-state index is 0.412. The van der Waals surface area contributed by atoms with Gasteiger partial charge < -0.3 is 0 Å². The van der Waals surface area contributed by atoms with E-state index in [0.717, 1.165) is 0 Å². The lowest BCUT2D eigenvalue weighted by Crippen LogP contribution is -2.29. The van der Waals surface area contributed by atoms with Crippen molar-refractivity contribution in [1.82, 2.24) is 5.43 Å². The summed E-state index contributed by atoms with van der Waals surface area (Å²) in [5.41, 5.74) is 2.53. The molecule has 0 spiro atoms. The van der Waals surface area contributed by atoms with E-state index in [1.807, 2.05) is 27.7 Å². The SMILES string of the molecule is CC.CC(C)NN. The summed E-state index contributed by atoms with van der Waals surface area (Å²) < 4.78 is 0. The average molecular weight is 104 g/mol. The van der Waals surface area contributed by atoms with Crippen LogP contribution in [0.4, 0.5) is 0 Å². The molecule has 2 heteroatoms. The lowest BCUT2D eigenvalue weighted by atomic mass is 10.4. The van der Waals surface area contributed by atoms with Crippen molar-refractivity contribution in [2.45, 2.75) is 33.7 Å². The molecule has 0 unspecified atom stereocenters. The molecule has 0 fully saturated rings. The Hall–Kier alpha value is -0.0800. The van der Waals surface area contributed by atoms with Gasteiger partial charge in [0, 0.05) is 6.04 Å². The fraction of sp³-hybridized carbons (Fsp3) is 1.00. The molecule has 7 heavy (non-hydrogen) atoms. The van der Waals surface area contributed by atoms with Crippen LogP contribution in [0.15, 0.2) is 0 Å². The molecular weight excluding hydrogens is 88.1 g/mol. The number of hydrazine groups is 1. The van der Waals surface area contributed by atoms with Crippen molar-refractivity contribution >= 4 is 0 Å². The lowest BCUT2D eigenvalue weighted by molar-refractivity contribution is 0.617. The van der Waals surface area contributed by atoms with E-state index in [9.17, 15) is 0 Å². The highest BCUT2D eigenvalue weighted by Crippen LogP contribution is 1.64. The Bertz CT molecular complexity index is 20.0. The third-order valence-electron chi connectivity index (χ3n) is 0.333. The summed E-state index contributed by atoms with van der Waals surface area (Å²) >= 11 is 0. The van der Waals surface area contributed by atoms with Crippen LogP contribution in [0.25, 0.3) is 0 Å². The largest absolute Gasteiger partial charge is 0.271 e. The van der Waals surface area contributed by atoms with Crippen molar-refractivity contribution in [3.05, 3.63) is 0 Å². The molecule has 0 aliphatic rings. The second-order valence-electron chi connectivity index (χ2n) is 1.32. The second kappa shape index (κ2) is 9.33. The third kappa shape index (κ3) is 24.7. The molecule has 0 atom stereocenters. The molecule has 0 amide bonds. The van der Waals surface area contributed by atoms with E-state index in [1.165, 1.54) is 0 Å². The third-order valence-corrected chi connectivity index (χ3v) is 0.333. The van der Waals surface area contributed by atoms with Crippen molar-refractivity contribution < 1.29 is 0 Å². The molecule has 3 N–H and O–H groups in total. The summed E-state index contributed by atoms with van der Waals surface area (Å²) in [7, 11) is 0. The van der Waals surface area contributed by atoms with Gasteiger partial charge in [-0.15, -0.1) is 0 Å². The van der Waals surface area contributed by atoms with Crippen molar-refractivity contribution in [2.75, 3.05) is 0 Å². The van der Waals surface area contributed by atoms with Crippen molar-refractivity contribution in [1.29, 1.82) is 0 Å². The van der Waals surface area contributed by atoms with Gasteiger partial charge in [0.25, 0.3) is 0 Å². The van der Waals surface area contributed by atoms with Gasteiger partial charge in [-0.2, -0.15) is 0 Å². The first-order chi connectivity index (χ1) is 3.27. The van der Waals surface area contributed by atoms with Crippen LogP contribution >= 0.6 is 0 Å². The maximum absolute atomic E-state index is 4.92. The topological polar surface area (TPSA) is 38.0 Å². The number of rotatable bonds is 1. The molecule has 0 rings (SSSR count). The number of nitrogens with one attached hydrogen (secondary N) is 1. The van der Waals surface area contributed by atoms with E-state index in [0.29, 0.717) is 6.04 Å². The Balaban J connectivity index is 0. The predicted molar refractivity (Wildman–Crippen MR) is 33.8 cm³/mol. The Labute approximate surface area is 46.1 Å². The molecule has 2 nitrogen and oxygen atoms in total. The molecule has 0 saturated heterocycles. The molecular formula is C5H16N2. The van der Waals surface area contributed by atoms with Crippen molar-refractivity contribution in [3.8, 4) is 0 Å². The van der Waals surface area contributed by atoms with Gasteiger partial charge in [0.1, 0.15) is 0 Å². The van der Waals surface area contributed by atoms with Crippen LogP contribution in [0, 0.1) is 0 Å². The van der Waals surface area contributed by atoms with Crippen LogP contribution in [-0.4, -0.2) is 6.04 Å². The maximum Gasteiger partial charge on any atom is 0.0153 e. The van der Waals surface area contributed by atoms with Gasteiger partial charge in [0.05, 0.1) is 0 Å². The maximum atomic E-state index is 4.92. The van der Waals surface area contributed by atoms with Gasteiger partial charge in [0.2, 0.25) is 0 Å². The number of hydrogen-bond donors (Lipinski definition) is 2. The first-order valence-corrected chi connectivity index (χ1v) is 2.73. The summed E-state index contributed by atoms with van der Waals surface area (Å²) in [6.45, 7) is 7.97. The van der Waals surface area contributed by atoms with Gasteiger partial charge in [-0.05, 0) is 13.8 Å². The van der Waals surface area contributed by atoms with Gasteiger partial charge in [-0.1, -0.05) is 13.8 Å². The summed E-state index contributed by atoms with van der Waals surface area (Å²) in [5.74, 6) is 4.92. The highest BCUT2D eigenvalue weighted by atomic mass is 15.2. The summed E-state index contributed by atoms with van der Waals surface area (Å²) in [5, 5.41) is 0. The fourth-order valence-corrected chi connectivity index (χ4v) is 0. The Morgan fingerprint density at radius 2 is 1.43 bits per heavy atom. The summed E-state index contributed by atoms with van der Waals surface area (Å²) in [6, 6.07) is 0.412. The molecule has 0 aromatic rings. The normalized spacial score (nSPS) is 7.71. The Morgan fingerprint density at radius 3 is 1.43 bits per heavy atom. The van der Waals surface area contributed by atoms with E-state index in [-0.39, 0.29) is 0 Å². The van der Waals surface area contributed by atoms with Crippen LogP contribution in [-0.2, 0) is 0 Å². The van der Waals surface area contributed by atoms with Crippen LogP contribution in [0.3, 0.4) is 0 Å². The van der Waals surface area contributed by atoms with Gasteiger partial charge in [-0.3, -0.25) is 11.3 Å². The van der Waals surface area contributed by atoms with E-state index in [1.54, 1.807) is 0 Å². The molecule has 0 aromatic carbocycles. The van der Waals surface area contributed by atoms with E-state index in [4.69, 9.17) is 5.84 Å². The Morgan fingerprint density at radius 1 is 1.29 bits per heavy atom. The zero-order valence-corrected chi connectivity index (χ0v) is 5.65. The highest BCUT2D eigenvalue weighted by Gasteiger charge is 1.77. The predicted octanol–water partition coefficient (Wildman–Crippen LogP) is 0.884. The number of nitrogens with two attached hydrogens (primary N) is 1. The van der Waals surface area contributed by atoms with E-state index >= 15 is 0 Å². The van der Waals surface area contributed by atoms with Crippen molar-refractivity contribution in [3.63, 3.8) is 0 Å². The van der Waals surface area contributed by atoms with Gasteiger partial charge in [0.15, 0.2) is 0 Å². The van der Waals surface area contributed by atoms with Crippen LogP contribution in [0.5, 0.6) is 0 Å². The van der Waals surface area contributed by atoms with Crippen LogP contribution < -0.4 is 11.3 Å². The highest BCUT2D eigenvalue weighted by molar-refractivity contribution is 4.38. The monoisotopic (exact) mass is 104 g/mol. The minimum Gasteiger partial charge on any atom is -0.271 e. The van der Waals surface area contributed by atoms with Crippen molar-refractivity contribution in [2.24, 2.45) is 5.84 Å². The standard InChI is InChI=1S/C3H10N2.C2H6/c1-3(2)5-4;1-2/h3,5H,4H2,1-2H3;1-2H3. The van der Waals surface area contributed by atoms with Crippen LogP contribution in [0.2, 0.25) is 0 Å². The van der Waals surface area contributed by atoms with Gasteiger partial charge in [-0.25, -0.2) is 0 Å². The van der Waals surface area contributed by atoms with E-state index < -0.39 is 0 Å². The van der Waals surface area contributed by atoms with Crippen LogP contribution in [0.1, 0.15) is 27.7 Å². The molecule has 0 aliphatic carbocycles. The second-order valence-corrected chi connectivity index (χ2v) is 1.32. The zero-order chi connectivity index (χ0) is 6.28. The fourth-order valence-electron chi connectivity index (χ4n) is 0. The smallest absolute Gasteiger partial charge is 0.0153 e. The quantitative estimate of drug-likeness (QED) is 0.383. The summed E-state index contributed by atoms with van der Waals surface area (Å²) in [6.07, 6.45) is 0. The molecule has 46 valence electrons. The molecule has 0 heterocycles. The molecule has 0 saturated carbocycles. The average Bonchev–Trinajstić information content (AvgIpc) is 1.73. The first-order valence-electron chi connectivity index (χ1n) is 2.73. The number of hydrogen-bond acceptors (Lipinski definition) is 2. The molecule has 0 aliphatic heterocycles. The van der Waals surface area contributed by atoms with E-state index in [2.05, 4.69) is 5.43 Å². The lowest BCUT2D eigenvalue weighted by Gasteiger charge is -1.95. The summed E-state index contributed by atoms with van der Waals surface area (Å²) in [4.78, 5) is 0. The molecule has 0 aromatic heterocycles. The minimum atomic E-state index is 0.412. The zero-order valence-electron chi connectivity index (χ0n) is 5.65. The Kier molecular flexibility index (Phi) is 13.3.